The van der Waals surface area contributed by atoms with E-state index in [1.165, 1.54) is 60.6 Å². The van der Waals surface area contributed by atoms with Gasteiger partial charge in [0.2, 0.25) is 5.75 Å². The van der Waals surface area contributed by atoms with Crippen molar-refractivity contribution in [3.8, 4) is 17.2 Å². The third kappa shape index (κ3) is 7.39. The first-order valence-corrected chi connectivity index (χ1v) is 18.3. The molecule has 0 saturated carbocycles. The SMILES string of the molecule is COc1c(O)c(CCCCCCCCCC[PH](c2ccccc2)(c2ccccc2)c2ccccc2)c(C)c(Br)c1OC. The molecule has 0 atom stereocenters. The molecule has 0 bridgehead atoms. The van der Waals surface area contributed by atoms with E-state index in [9.17, 15) is 5.11 Å². The first-order valence-electron chi connectivity index (χ1n) is 15.3. The van der Waals surface area contributed by atoms with Crippen molar-refractivity contribution in [3.63, 3.8) is 0 Å². The van der Waals surface area contributed by atoms with Crippen molar-refractivity contribution in [1.29, 1.82) is 0 Å². The molecule has 0 saturated heterocycles. The van der Waals surface area contributed by atoms with Gasteiger partial charge in [-0.25, -0.2) is 0 Å². The third-order valence-electron chi connectivity index (χ3n) is 8.62. The van der Waals surface area contributed by atoms with Gasteiger partial charge in [-0.15, -0.1) is 0 Å². The molecule has 0 aliphatic rings. The molecule has 5 heteroatoms. The number of aromatic hydroxyl groups is 1. The number of unbranched alkanes of at least 4 members (excludes halogenated alkanes) is 7. The Bertz CT molecular complexity index is 1280. The van der Waals surface area contributed by atoms with Crippen molar-refractivity contribution in [3.05, 3.63) is 107 Å². The molecule has 0 heterocycles. The fraction of sp³-hybridized carbons (Fsp3) is 0.351. The van der Waals surface area contributed by atoms with E-state index in [1.54, 1.807) is 14.2 Å². The Morgan fingerprint density at radius 2 is 1.00 bits per heavy atom. The molecule has 4 rings (SSSR count). The predicted octanol–water partition coefficient (Wildman–Crippen LogP) is 8.87. The number of benzene rings is 4. The fourth-order valence-electron chi connectivity index (χ4n) is 6.36. The third-order valence-corrected chi connectivity index (χ3v) is 14.6. The summed E-state index contributed by atoms with van der Waals surface area (Å²) in [7, 11) is 1.05. The summed E-state index contributed by atoms with van der Waals surface area (Å²) < 4.78 is 11.7. The van der Waals surface area contributed by atoms with E-state index in [2.05, 4.69) is 107 Å². The van der Waals surface area contributed by atoms with Crippen LogP contribution in [0.5, 0.6) is 17.2 Å². The van der Waals surface area contributed by atoms with Gasteiger partial charge in [0.05, 0.1) is 18.7 Å². The van der Waals surface area contributed by atoms with Gasteiger partial charge in [0.25, 0.3) is 0 Å². The molecule has 42 heavy (non-hydrogen) atoms. The molecule has 4 aromatic carbocycles. The van der Waals surface area contributed by atoms with E-state index in [0.29, 0.717) is 11.5 Å². The van der Waals surface area contributed by atoms with Gasteiger partial charge < -0.3 is 14.6 Å². The summed E-state index contributed by atoms with van der Waals surface area (Å²) in [5, 5.41) is 15.3. The first kappa shape index (κ1) is 32.1. The van der Waals surface area contributed by atoms with Crippen LogP contribution in [0.1, 0.15) is 62.5 Å². The fourth-order valence-corrected chi connectivity index (χ4v) is 11.9. The van der Waals surface area contributed by atoms with Gasteiger partial charge in [-0.1, -0.05) is 0 Å². The number of hydrogen-bond donors (Lipinski definition) is 1. The summed E-state index contributed by atoms with van der Waals surface area (Å²) in [5.74, 6) is 1.16. The van der Waals surface area contributed by atoms with E-state index < -0.39 is 7.26 Å². The quantitative estimate of drug-likeness (QED) is 0.0974. The Hall–Kier alpha value is -2.81. The molecule has 0 amide bonds. The summed E-state index contributed by atoms with van der Waals surface area (Å²) in [6.45, 7) is 2.02. The van der Waals surface area contributed by atoms with Crippen LogP contribution in [0.15, 0.2) is 95.5 Å². The van der Waals surface area contributed by atoms with Crippen molar-refractivity contribution in [2.24, 2.45) is 0 Å². The number of ether oxygens (including phenoxy) is 2. The molecular formula is C37H46BrO3P. The average Bonchev–Trinajstić information content (AvgIpc) is 3.04. The molecule has 0 aliphatic carbocycles. The summed E-state index contributed by atoms with van der Waals surface area (Å²) in [6, 6.07) is 33.8. The Morgan fingerprint density at radius 1 is 0.595 bits per heavy atom. The topological polar surface area (TPSA) is 38.7 Å². The molecule has 0 aliphatic heterocycles. The van der Waals surface area contributed by atoms with Crippen molar-refractivity contribution < 1.29 is 14.6 Å². The normalized spacial score (nSPS) is 11.8. The molecule has 0 aromatic heterocycles. The molecule has 0 radical (unpaired) electrons. The minimum atomic E-state index is -2.11. The first-order chi connectivity index (χ1) is 20.5. The van der Waals surface area contributed by atoms with Crippen LogP contribution in [0.3, 0.4) is 0 Å². The summed E-state index contributed by atoms with van der Waals surface area (Å²) in [4.78, 5) is 0. The van der Waals surface area contributed by atoms with Crippen molar-refractivity contribution in [1.82, 2.24) is 0 Å². The Kier molecular flexibility index (Phi) is 12.3. The van der Waals surface area contributed by atoms with Crippen molar-refractivity contribution >= 4 is 39.1 Å². The predicted molar refractivity (Wildman–Crippen MR) is 186 cm³/mol. The van der Waals surface area contributed by atoms with Crippen LogP contribution >= 0.6 is 23.2 Å². The maximum absolute atomic E-state index is 10.8. The zero-order chi connectivity index (χ0) is 29.8. The molecular weight excluding hydrogens is 603 g/mol. The average molecular weight is 650 g/mol. The number of hydrogen-bond acceptors (Lipinski definition) is 3. The van der Waals surface area contributed by atoms with Gasteiger partial charge in [-0.3, -0.25) is 0 Å². The standard InChI is InChI=1S/C37H46BrO3P/c1-29-33(35(39)37(41-3)36(40-2)34(29)38)27-19-8-6-4-5-7-9-20-28-42(30-21-13-10-14-22-30,31-23-15-11-16-24-31)32-25-17-12-18-26-32/h10-18,21-26,39,42H,4-9,19-20,27-28H2,1-3H3. The monoisotopic (exact) mass is 648 g/mol. The molecule has 3 nitrogen and oxygen atoms in total. The van der Waals surface area contributed by atoms with E-state index in [0.717, 1.165) is 34.9 Å². The zero-order valence-electron chi connectivity index (χ0n) is 25.4. The molecule has 1 N–H and O–H groups in total. The molecule has 4 aromatic rings. The van der Waals surface area contributed by atoms with E-state index in [1.807, 2.05) is 6.92 Å². The van der Waals surface area contributed by atoms with Crippen LogP contribution in [0.25, 0.3) is 0 Å². The van der Waals surface area contributed by atoms with Crippen LogP contribution in [0, 0.1) is 6.92 Å². The Balaban J connectivity index is 1.28. The molecule has 224 valence electrons. The van der Waals surface area contributed by atoms with Gasteiger partial charge in [0.15, 0.2) is 5.75 Å². The van der Waals surface area contributed by atoms with Crippen molar-refractivity contribution in [2.45, 2.75) is 64.7 Å². The second-order valence-corrected chi connectivity index (χ2v) is 16.0. The molecule has 0 spiro atoms. The van der Waals surface area contributed by atoms with Crippen LogP contribution in [-0.2, 0) is 6.42 Å². The smallest absolute Gasteiger partial charge is 0.492 e. The van der Waals surface area contributed by atoms with Gasteiger partial charge in [0.1, 0.15) is 0 Å². The zero-order valence-corrected chi connectivity index (χ0v) is 28.0. The number of phenols is 1. The Labute approximate surface area is 261 Å². The van der Waals surface area contributed by atoms with Crippen molar-refractivity contribution in [2.75, 3.05) is 20.4 Å². The van der Waals surface area contributed by atoms with Gasteiger partial charge >= 0.3 is 195 Å². The minimum absolute atomic E-state index is 0.205. The van der Waals surface area contributed by atoms with E-state index >= 15 is 0 Å². The molecule has 0 fully saturated rings. The summed E-state index contributed by atoms with van der Waals surface area (Å²) in [6.07, 6.45) is 11.9. The second kappa shape index (κ2) is 16.1. The van der Waals surface area contributed by atoms with Gasteiger partial charge in [0, 0.05) is 0 Å². The van der Waals surface area contributed by atoms with Crippen LogP contribution in [0.4, 0.5) is 0 Å². The molecule has 0 unspecified atom stereocenters. The van der Waals surface area contributed by atoms with Crippen LogP contribution in [0.2, 0.25) is 0 Å². The van der Waals surface area contributed by atoms with E-state index in [4.69, 9.17) is 9.47 Å². The van der Waals surface area contributed by atoms with Gasteiger partial charge in [-0.2, -0.15) is 0 Å². The summed E-state index contributed by atoms with van der Waals surface area (Å²) in [5.41, 5.74) is 1.97. The second-order valence-electron chi connectivity index (χ2n) is 11.2. The minimum Gasteiger partial charge on any atom is -0.492 e. The van der Waals surface area contributed by atoms with Crippen LogP contribution in [-0.4, -0.2) is 25.5 Å². The van der Waals surface area contributed by atoms with Crippen LogP contribution < -0.4 is 25.4 Å². The Morgan fingerprint density at radius 3 is 1.43 bits per heavy atom. The van der Waals surface area contributed by atoms with E-state index in [-0.39, 0.29) is 5.75 Å². The number of rotatable bonds is 16. The number of methoxy groups -OCH3 is 2. The summed E-state index contributed by atoms with van der Waals surface area (Å²) >= 11 is 3.62. The number of halogens is 1. The number of phenolic OH excluding ortho intramolecular Hbond substituents is 1. The maximum atomic E-state index is 10.8. The van der Waals surface area contributed by atoms with Gasteiger partial charge in [-0.05, 0) is 22.9 Å².